The molecule has 1 aromatic carbocycles. The van der Waals surface area contributed by atoms with Gasteiger partial charge in [-0.15, -0.1) is 0 Å². The van der Waals surface area contributed by atoms with Crippen LogP contribution in [-0.2, 0) is 25.8 Å². The molecule has 6 nitrogen and oxygen atoms in total. The largest absolute Gasteiger partial charge is 0.480 e. The Morgan fingerprint density at radius 1 is 1.35 bits per heavy atom. The molecule has 1 aromatic rings. The first-order valence-electron chi connectivity index (χ1n) is 7.56. The van der Waals surface area contributed by atoms with Crippen molar-refractivity contribution in [3.05, 3.63) is 29.8 Å². The van der Waals surface area contributed by atoms with Crippen LogP contribution in [0.4, 0.5) is 0 Å². The van der Waals surface area contributed by atoms with E-state index in [9.17, 15) is 23.1 Å². The minimum Gasteiger partial charge on any atom is -0.480 e. The number of likely N-dealkylation sites (tertiary alicyclic amines) is 1. The summed E-state index contributed by atoms with van der Waals surface area (Å²) in [6.07, 6.45) is 1.08. The Morgan fingerprint density at radius 3 is 2.65 bits per heavy atom. The van der Waals surface area contributed by atoms with Crippen molar-refractivity contribution < 1.29 is 23.1 Å². The Morgan fingerprint density at radius 2 is 2.04 bits per heavy atom. The van der Waals surface area contributed by atoms with Crippen molar-refractivity contribution in [2.75, 3.05) is 12.3 Å². The van der Waals surface area contributed by atoms with Crippen molar-refractivity contribution in [1.82, 2.24) is 4.90 Å². The Labute approximate surface area is 136 Å². The smallest absolute Gasteiger partial charge is 0.329 e. The first kappa shape index (κ1) is 17.5. The molecule has 1 heterocycles. The number of carbonyl (C=O) groups is 2. The Balaban J connectivity index is 2.21. The number of sulfone groups is 1. The molecule has 0 aromatic heterocycles. The zero-order valence-electron chi connectivity index (χ0n) is 13.3. The standard InChI is InChI=1S/C16H21NO5S/c1-3-23(21,22)13-7-4-6-12(10-13)11-14(18)17-9-5-8-16(17,2)15(19)20/h4,6-7,10H,3,5,8-9,11H2,1-2H3,(H,19,20). The number of hydrogen-bond acceptors (Lipinski definition) is 4. The molecule has 2 rings (SSSR count). The molecule has 7 heteroatoms. The van der Waals surface area contributed by atoms with E-state index in [-0.39, 0.29) is 23.0 Å². The molecule has 1 aliphatic rings. The molecule has 1 N–H and O–H groups in total. The highest BCUT2D eigenvalue weighted by Gasteiger charge is 2.45. The van der Waals surface area contributed by atoms with E-state index in [1.54, 1.807) is 26.0 Å². The molecule has 1 saturated heterocycles. The van der Waals surface area contributed by atoms with Crippen LogP contribution >= 0.6 is 0 Å². The normalized spacial score (nSPS) is 21.4. The van der Waals surface area contributed by atoms with Gasteiger partial charge in [0, 0.05) is 6.54 Å². The van der Waals surface area contributed by atoms with Crippen molar-refractivity contribution in [3.63, 3.8) is 0 Å². The van der Waals surface area contributed by atoms with Gasteiger partial charge in [-0.25, -0.2) is 13.2 Å². The topological polar surface area (TPSA) is 91.8 Å². The molecule has 0 bridgehead atoms. The number of hydrogen-bond donors (Lipinski definition) is 1. The second-order valence-corrected chi connectivity index (χ2v) is 8.23. The molecule has 1 amide bonds. The zero-order valence-corrected chi connectivity index (χ0v) is 14.1. The zero-order chi connectivity index (χ0) is 17.3. The monoisotopic (exact) mass is 339 g/mol. The first-order chi connectivity index (χ1) is 10.7. The molecule has 23 heavy (non-hydrogen) atoms. The summed E-state index contributed by atoms with van der Waals surface area (Å²) in [6, 6.07) is 6.28. The number of carboxylic acids is 1. The van der Waals surface area contributed by atoms with Crippen LogP contribution in [0, 0.1) is 0 Å². The van der Waals surface area contributed by atoms with Crippen LogP contribution in [0.25, 0.3) is 0 Å². The molecule has 0 aliphatic carbocycles. The van der Waals surface area contributed by atoms with Crippen molar-refractivity contribution >= 4 is 21.7 Å². The Hall–Kier alpha value is -1.89. The molecule has 1 unspecified atom stereocenters. The number of carbonyl (C=O) groups excluding carboxylic acids is 1. The van der Waals surface area contributed by atoms with Gasteiger partial charge in [-0.1, -0.05) is 19.1 Å². The van der Waals surface area contributed by atoms with Gasteiger partial charge in [0.15, 0.2) is 9.84 Å². The fourth-order valence-corrected chi connectivity index (χ4v) is 3.82. The van der Waals surface area contributed by atoms with Gasteiger partial charge in [0.05, 0.1) is 17.1 Å². The maximum atomic E-state index is 12.5. The molecule has 0 spiro atoms. The van der Waals surface area contributed by atoms with Crippen molar-refractivity contribution in [1.29, 1.82) is 0 Å². The van der Waals surface area contributed by atoms with E-state index in [4.69, 9.17) is 0 Å². The summed E-state index contributed by atoms with van der Waals surface area (Å²) in [6.45, 7) is 3.53. The van der Waals surface area contributed by atoms with Gasteiger partial charge in [-0.2, -0.15) is 0 Å². The van der Waals surface area contributed by atoms with Gasteiger partial charge < -0.3 is 10.0 Å². The summed E-state index contributed by atoms with van der Waals surface area (Å²) in [5, 5.41) is 9.37. The lowest BCUT2D eigenvalue weighted by atomic mass is 9.98. The molecule has 1 aliphatic heterocycles. The second kappa shape index (κ2) is 6.31. The van der Waals surface area contributed by atoms with E-state index in [0.29, 0.717) is 24.9 Å². The van der Waals surface area contributed by atoms with E-state index in [2.05, 4.69) is 0 Å². The number of carboxylic acid groups (broad SMARTS) is 1. The number of aliphatic carboxylic acids is 1. The third-order valence-corrected chi connectivity index (χ3v) is 6.13. The van der Waals surface area contributed by atoms with Crippen LogP contribution in [0.15, 0.2) is 29.2 Å². The summed E-state index contributed by atoms with van der Waals surface area (Å²) in [7, 11) is -3.33. The van der Waals surface area contributed by atoms with Crippen LogP contribution in [-0.4, -0.2) is 48.1 Å². The predicted octanol–water partition coefficient (Wildman–Crippen LogP) is 1.49. The number of benzene rings is 1. The summed E-state index contributed by atoms with van der Waals surface area (Å²) < 4.78 is 23.8. The molecular formula is C16H21NO5S. The lowest BCUT2D eigenvalue weighted by Crippen LogP contribution is -2.51. The first-order valence-corrected chi connectivity index (χ1v) is 9.21. The van der Waals surface area contributed by atoms with Crippen molar-refractivity contribution in [3.8, 4) is 0 Å². The van der Waals surface area contributed by atoms with Gasteiger partial charge in [0.1, 0.15) is 5.54 Å². The minimum absolute atomic E-state index is 0.00402. The van der Waals surface area contributed by atoms with E-state index in [1.165, 1.54) is 17.0 Å². The van der Waals surface area contributed by atoms with Crippen LogP contribution in [0.2, 0.25) is 0 Å². The predicted molar refractivity (Wildman–Crippen MR) is 84.9 cm³/mol. The SMILES string of the molecule is CCS(=O)(=O)c1cccc(CC(=O)N2CCCC2(C)C(=O)O)c1. The van der Waals surface area contributed by atoms with Crippen LogP contribution < -0.4 is 0 Å². The maximum Gasteiger partial charge on any atom is 0.329 e. The molecule has 1 atom stereocenters. The van der Waals surface area contributed by atoms with Gasteiger partial charge >= 0.3 is 5.97 Å². The van der Waals surface area contributed by atoms with Gasteiger partial charge in [-0.05, 0) is 37.5 Å². The summed E-state index contributed by atoms with van der Waals surface area (Å²) >= 11 is 0. The molecule has 126 valence electrons. The average molecular weight is 339 g/mol. The summed E-state index contributed by atoms with van der Waals surface area (Å²) in [5.74, 6) is -1.31. The summed E-state index contributed by atoms with van der Waals surface area (Å²) in [4.78, 5) is 25.5. The molecule has 0 saturated carbocycles. The van der Waals surface area contributed by atoms with Crippen LogP contribution in [0.3, 0.4) is 0 Å². The van der Waals surface area contributed by atoms with Crippen molar-refractivity contribution in [2.45, 2.75) is 43.5 Å². The second-order valence-electron chi connectivity index (χ2n) is 5.96. The average Bonchev–Trinajstić information content (AvgIpc) is 2.91. The third-order valence-electron chi connectivity index (χ3n) is 4.40. The fourth-order valence-electron chi connectivity index (χ4n) is 2.87. The van der Waals surface area contributed by atoms with Gasteiger partial charge in [0.25, 0.3) is 0 Å². The number of nitrogens with zero attached hydrogens (tertiary/aromatic N) is 1. The van der Waals surface area contributed by atoms with E-state index in [1.807, 2.05) is 0 Å². The Kier molecular flexibility index (Phi) is 4.79. The lowest BCUT2D eigenvalue weighted by molar-refractivity contribution is -0.155. The Bertz CT molecular complexity index is 728. The number of rotatable bonds is 5. The fraction of sp³-hybridized carbons (Fsp3) is 0.500. The van der Waals surface area contributed by atoms with E-state index < -0.39 is 21.3 Å². The third kappa shape index (κ3) is 3.39. The van der Waals surface area contributed by atoms with Crippen LogP contribution in [0.1, 0.15) is 32.3 Å². The number of amides is 1. The van der Waals surface area contributed by atoms with Crippen molar-refractivity contribution in [2.24, 2.45) is 0 Å². The highest BCUT2D eigenvalue weighted by atomic mass is 32.2. The van der Waals surface area contributed by atoms with E-state index >= 15 is 0 Å². The maximum absolute atomic E-state index is 12.5. The minimum atomic E-state index is -3.33. The van der Waals surface area contributed by atoms with E-state index in [0.717, 1.165) is 0 Å². The quantitative estimate of drug-likeness (QED) is 0.877. The lowest BCUT2D eigenvalue weighted by Gasteiger charge is -2.31. The van der Waals surface area contributed by atoms with Crippen LogP contribution in [0.5, 0.6) is 0 Å². The highest BCUT2D eigenvalue weighted by Crippen LogP contribution is 2.30. The molecule has 1 fully saturated rings. The molecular weight excluding hydrogens is 318 g/mol. The summed E-state index contributed by atoms with van der Waals surface area (Å²) in [5.41, 5.74) is -0.603. The van der Waals surface area contributed by atoms with Gasteiger partial charge in [0.2, 0.25) is 5.91 Å². The molecule has 0 radical (unpaired) electrons. The highest BCUT2D eigenvalue weighted by molar-refractivity contribution is 7.91. The van der Waals surface area contributed by atoms with Gasteiger partial charge in [-0.3, -0.25) is 4.79 Å².